The number of thiocarbonyl (C=S) groups is 1. The van der Waals surface area contributed by atoms with Gasteiger partial charge in [0.25, 0.3) is 0 Å². The summed E-state index contributed by atoms with van der Waals surface area (Å²) in [6, 6.07) is 6.03. The molecule has 0 unspecified atom stereocenters. The van der Waals surface area contributed by atoms with Crippen molar-refractivity contribution in [2.75, 3.05) is 24.6 Å². The summed E-state index contributed by atoms with van der Waals surface area (Å²) in [5.74, 6) is 0.435. The molecular formula is C13H17BrN2OS. The first-order valence-corrected chi connectivity index (χ1v) is 7.27. The first-order valence-electron chi connectivity index (χ1n) is 6.07. The molecule has 3 nitrogen and oxygen atoms in total. The number of hydrogen-bond donors (Lipinski definition) is 2. The van der Waals surface area contributed by atoms with Crippen LogP contribution in [0.2, 0.25) is 0 Å². The summed E-state index contributed by atoms with van der Waals surface area (Å²) < 4.78 is 0.985. The SMILES string of the molecule is NC(=S)c1cc(Br)ccc1N1CCC(CO)CC1. The Balaban J connectivity index is 2.21. The van der Waals surface area contributed by atoms with Crippen LogP contribution in [-0.4, -0.2) is 29.8 Å². The van der Waals surface area contributed by atoms with Gasteiger partial charge in [-0.3, -0.25) is 0 Å². The molecule has 2 rings (SSSR count). The number of hydrogen-bond acceptors (Lipinski definition) is 3. The first-order chi connectivity index (χ1) is 8.61. The Morgan fingerprint density at radius 3 is 2.67 bits per heavy atom. The number of aliphatic hydroxyl groups is 1. The van der Waals surface area contributed by atoms with Gasteiger partial charge in [0.05, 0.1) is 0 Å². The van der Waals surface area contributed by atoms with Crippen molar-refractivity contribution in [3.63, 3.8) is 0 Å². The van der Waals surface area contributed by atoms with Crippen molar-refractivity contribution in [1.82, 2.24) is 0 Å². The molecule has 0 aliphatic carbocycles. The molecule has 1 aromatic rings. The standard InChI is InChI=1S/C13H17BrN2OS/c14-10-1-2-12(11(7-10)13(15)18)16-5-3-9(8-17)4-6-16/h1-2,7,9,17H,3-6,8H2,(H2,15,18). The van der Waals surface area contributed by atoms with Crippen LogP contribution in [0.25, 0.3) is 0 Å². The molecule has 3 N–H and O–H groups in total. The van der Waals surface area contributed by atoms with E-state index in [0.717, 1.165) is 41.7 Å². The molecule has 0 atom stereocenters. The molecule has 0 saturated carbocycles. The molecule has 0 bridgehead atoms. The van der Waals surface area contributed by atoms with Crippen LogP contribution in [0.5, 0.6) is 0 Å². The lowest BCUT2D eigenvalue weighted by Crippen LogP contribution is -2.36. The Hall–Kier alpha value is -0.650. The molecule has 1 aromatic carbocycles. The second-order valence-corrected chi connectivity index (χ2v) is 5.99. The minimum atomic E-state index is 0.288. The molecule has 5 heteroatoms. The molecule has 0 aromatic heterocycles. The monoisotopic (exact) mass is 328 g/mol. The van der Waals surface area contributed by atoms with E-state index in [2.05, 4.69) is 26.9 Å². The van der Waals surface area contributed by atoms with Crippen LogP contribution in [0.15, 0.2) is 22.7 Å². The fraction of sp³-hybridized carbons (Fsp3) is 0.462. The predicted molar refractivity (Wildman–Crippen MR) is 82.1 cm³/mol. The molecule has 1 heterocycles. The Morgan fingerprint density at radius 2 is 2.11 bits per heavy atom. The van der Waals surface area contributed by atoms with E-state index < -0.39 is 0 Å². The van der Waals surface area contributed by atoms with Gasteiger partial charge in [-0.25, -0.2) is 0 Å². The third-order valence-corrected chi connectivity index (χ3v) is 4.15. The van der Waals surface area contributed by atoms with Crippen molar-refractivity contribution in [2.24, 2.45) is 11.7 Å². The molecule has 1 saturated heterocycles. The van der Waals surface area contributed by atoms with E-state index in [-0.39, 0.29) is 6.61 Å². The van der Waals surface area contributed by atoms with Crippen LogP contribution in [0.1, 0.15) is 18.4 Å². The smallest absolute Gasteiger partial charge is 0.106 e. The van der Waals surface area contributed by atoms with Gasteiger partial charge < -0.3 is 15.7 Å². The Labute approximate surface area is 121 Å². The van der Waals surface area contributed by atoms with E-state index in [0.29, 0.717) is 10.9 Å². The van der Waals surface area contributed by atoms with Crippen molar-refractivity contribution < 1.29 is 5.11 Å². The summed E-state index contributed by atoms with van der Waals surface area (Å²) in [6.07, 6.45) is 2.03. The molecule has 1 aliphatic rings. The predicted octanol–water partition coefficient (Wildman–Crippen LogP) is 2.29. The van der Waals surface area contributed by atoms with Crippen LogP contribution < -0.4 is 10.6 Å². The summed E-state index contributed by atoms with van der Waals surface area (Å²) in [5, 5.41) is 9.16. The number of nitrogens with two attached hydrogens (primary N) is 1. The van der Waals surface area contributed by atoms with Gasteiger partial charge in [0.1, 0.15) is 4.99 Å². The molecule has 0 amide bonds. The quantitative estimate of drug-likeness (QED) is 0.836. The van der Waals surface area contributed by atoms with Gasteiger partial charge in [-0.2, -0.15) is 0 Å². The number of benzene rings is 1. The van der Waals surface area contributed by atoms with Crippen molar-refractivity contribution in [3.8, 4) is 0 Å². The number of nitrogens with zero attached hydrogens (tertiary/aromatic N) is 1. The summed E-state index contributed by atoms with van der Waals surface area (Å²) in [6.45, 7) is 2.18. The topological polar surface area (TPSA) is 49.5 Å². The van der Waals surface area contributed by atoms with E-state index in [1.165, 1.54) is 0 Å². The maximum absolute atomic E-state index is 9.16. The number of aliphatic hydroxyl groups excluding tert-OH is 1. The maximum atomic E-state index is 9.16. The average Bonchev–Trinajstić information content (AvgIpc) is 2.39. The normalized spacial score (nSPS) is 16.9. The zero-order valence-electron chi connectivity index (χ0n) is 10.1. The molecular weight excluding hydrogens is 312 g/mol. The third kappa shape index (κ3) is 3.02. The maximum Gasteiger partial charge on any atom is 0.106 e. The van der Waals surface area contributed by atoms with Gasteiger partial charge in [0, 0.05) is 35.4 Å². The molecule has 0 spiro atoms. The van der Waals surface area contributed by atoms with Crippen molar-refractivity contribution in [1.29, 1.82) is 0 Å². The summed E-state index contributed by atoms with van der Waals surface area (Å²) in [7, 11) is 0. The largest absolute Gasteiger partial charge is 0.396 e. The number of rotatable bonds is 3. The molecule has 98 valence electrons. The van der Waals surface area contributed by atoms with Crippen LogP contribution in [0, 0.1) is 5.92 Å². The van der Waals surface area contributed by atoms with Crippen LogP contribution in [-0.2, 0) is 0 Å². The second-order valence-electron chi connectivity index (χ2n) is 4.64. The third-order valence-electron chi connectivity index (χ3n) is 3.44. The molecule has 1 fully saturated rings. The van der Waals surface area contributed by atoms with E-state index >= 15 is 0 Å². The van der Waals surface area contributed by atoms with Gasteiger partial charge in [-0.15, -0.1) is 0 Å². The van der Waals surface area contributed by atoms with Gasteiger partial charge in [0.2, 0.25) is 0 Å². The Morgan fingerprint density at radius 1 is 1.44 bits per heavy atom. The summed E-state index contributed by atoms with van der Waals surface area (Å²) in [5.41, 5.74) is 7.81. The van der Waals surface area contributed by atoms with Crippen molar-refractivity contribution >= 4 is 38.8 Å². The summed E-state index contributed by atoms with van der Waals surface area (Å²) >= 11 is 8.56. The van der Waals surface area contributed by atoms with Gasteiger partial charge in [-0.1, -0.05) is 28.1 Å². The van der Waals surface area contributed by atoms with Crippen molar-refractivity contribution in [2.45, 2.75) is 12.8 Å². The Bertz CT molecular complexity index is 445. The number of piperidine rings is 1. The van der Waals surface area contributed by atoms with Crippen LogP contribution >= 0.6 is 28.1 Å². The average molecular weight is 329 g/mol. The fourth-order valence-electron chi connectivity index (χ4n) is 2.34. The van der Waals surface area contributed by atoms with E-state index in [1.807, 2.05) is 12.1 Å². The van der Waals surface area contributed by atoms with Gasteiger partial charge in [-0.05, 0) is 37.0 Å². The van der Waals surface area contributed by atoms with Crippen LogP contribution in [0.3, 0.4) is 0 Å². The second kappa shape index (κ2) is 5.99. The minimum Gasteiger partial charge on any atom is -0.396 e. The van der Waals surface area contributed by atoms with E-state index in [9.17, 15) is 0 Å². The lowest BCUT2D eigenvalue weighted by atomic mass is 9.97. The highest BCUT2D eigenvalue weighted by atomic mass is 79.9. The van der Waals surface area contributed by atoms with Crippen molar-refractivity contribution in [3.05, 3.63) is 28.2 Å². The number of halogens is 1. The minimum absolute atomic E-state index is 0.288. The highest BCUT2D eigenvalue weighted by Crippen LogP contribution is 2.28. The van der Waals surface area contributed by atoms with Gasteiger partial charge >= 0.3 is 0 Å². The summed E-state index contributed by atoms with van der Waals surface area (Å²) in [4.78, 5) is 2.73. The van der Waals surface area contributed by atoms with E-state index in [1.54, 1.807) is 0 Å². The molecule has 18 heavy (non-hydrogen) atoms. The van der Waals surface area contributed by atoms with E-state index in [4.69, 9.17) is 23.1 Å². The van der Waals surface area contributed by atoms with Gasteiger partial charge in [0.15, 0.2) is 0 Å². The van der Waals surface area contributed by atoms with Crippen LogP contribution in [0.4, 0.5) is 5.69 Å². The lowest BCUT2D eigenvalue weighted by Gasteiger charge is -2.34. The highest BCUT2D eigenvalue weighted by Gasteiger charge is 2.21. The zero-order valence-corrected chi connectivity index (χ0v) is 12.5. The first kappa shape index (κ1) is 13.8. The number of anilines is 1. The molecule has 0 radical (unpaired) electrons. The highest BCUT2D eigenvalue weighted by molar-refractivity contribution is 9.10. The fourth-order valence-corrected chi connectivity index (χ4v) is 2.86. The Kier molecular flexibility index (Phi) is 4.59. The molecule has 1 aliphatic heterocycles. The zero-order chi connectivity index (χ0) is 13.1. The lowest BCUT2D eigenvalue weighted by molar-refractivity contribution is 0.203.